The van der Waals surface area contributed by atoms with E-state index < -0.39 is 5.41 Å². The van der Waals surface area contributed by atoms with Gasteiger partial charge in [-0.15, -0.1) is 5.10 Å². The van der Waals surface area contributed by atoms with E-state index in [2.05, 4.69) is 20.3 Å². The molecule has 2 aromatic rings. The lowest BCUT2D eigenvalue weighted by Crippen LogP contribution is -2.49. The molecule has 9 heteroatoms. The van der Waals surface area contributed by atoms with Crippen LogP contribution in [0.25, 0.3) is 0 Å². The number of rotatable bonds is 5. The van der Waals surface area contributed by atoms with Gasteiger partial charge in [-0.3, -0.25) is 14.6 Å². The topological polar surface area (TPSA) is 87.5 Å². The van der Waals surface area contributed by atoms with Gasteiger partial charge < -0.3 is 4.90 Å². The number of amides is 2. The number of hydrazine groups is 1. The van der Waals surface area contributed by atoms with Crippen molar-refractivity contribution in [3.63, 3.8) is 0 Å². The maximum atomic E-state index is 13.4. The maximum Gasteiger partial charge on any atom is 0.266 e. The second-order valence-corrected chi connectivity index (χ2v) is 8.41. The number of aromatic nitrogens is 4. The minimum Gasteiger partial charge on any atom is -0.338 e. The quantitative estimate of drug-likeness (QED) is 0.741. The largest absolute Gasteiger partial charge is 0.338 e. The highest BCUT2D eigenvalue weighted by molar-refractivity contribution is 5.93. The molecule has 2 amide bonds. The lowest BCUT2D eigenvalue weighted by Gasteiger charge is -2.31. The van der Waals surface area contributed by atoms with E-state index in [0.29, 0.717) is 19.0 Å². The predicted octanol–water partition coefficient (Wildman–Crippen LogP) is 1.37. The molecule has 5 rings (SSSR count). The van der Waals surface area contributed by atoms with Crippen molar-refractivity contribution in [2.75, 3.05) is 31.1 Å². The Morgan fingerprint density at radius 2 is 1.63 bits per heavy atom. The third-order valence-electron chi connectivity index (χ3n) is 6.40. The van der Waals surface area contributed by atoms with E-state index in [4.69, 9.17) is 0 Å². The van der Waals surface area contributed by atoms with Gasteiger partial charge in [-0.05, 0) is 49.3 Å². The van der Waals surface area contributed by atoms with Crippen molar-refractivity contribution in [2.24, 2.45) is 0 Å². The summed E-state index contributed by atoms with van der Waals surface area (Å²) in [6.45, 7) is 2.96. The van der Waals surface area contributed by atoms with Crippen LogP contribution in [0.2, 0.25) is 0 Å². The smallest absolute Gasteiger partial charge is 0.266 e. The van der Waals surface area contributed by atoms with Gasteiger partial charge in [0.15, 0.2) is 0 Å². The Morgan fingerprint density at radius 1 is 0.900 bits per heavy atom. The van der Waals surface area contributed by atoms with Crippen molar-refractivity contribution < 1.29 is 9.59 Å². The van der Waals surface area contributed by atoms with Crippen LogP contribution in [0.3, 0.4) is 0 Å². The van der Waals surface area contributed by atoms with Crippen molar-refractivity contribution in [3.8, 4) is 0 Å². The molecular weight excluding hydrogens is 382 g/mol. The number of hydrogen-bond donors (Lipinski definition) is 0. The molecular formula is C21H27N7O2. The molecule has 1 aromatic heterocycles. The molecule has 1 saturated carbocycles. The van der Waals surface area contributed by atoms with Gasteiger partial charge >= 0.3 is 0 Å². The first-order chi connectivity index (χ1) is 14.7. The molecule has 2 aliphatic heterocycles. The Morgan fingerprint density at radius 3 is 2.37 bits per heavy atom. The van der Waals surface area contributed by atoms with Crippen molar-refractivity contribution in [3.05, 3.63) is 35.9 Å². The van der Waals surface area contributed by atoms with E-state index in [-0.39, 0.29) is 18.4 Å². The minimum absolute atomic E-state index is 0.0110. The van der Waals surface area contributed by atoms with Gasteiger partial charge in [-0.25, -0.2) is 5.01 Å². The van der Waals surface area contributed by atoms with Crippen molar-refractivity contribution in [2.45, 2.75) is 50.5 Å². The second-order valence-electron chi connectivity index (χ2n) is 8.41. The van der Waals surface area contributed by atoms with Crippen molar-refractivity contribution in [1.29, 1.82) is 0 Å². The molecule has 2 saturated heterocycles. The van der Waals surface area contributed by atoms with Gasteiger partial charge in [0.1, 0.15) is 6.54 Å². The van der Waals surface area contributed by atoms with Crippen LogP contribution in [0.5, 0.6) is 0 Å². The Balaban J connectivity index is 1.27. The summed E-state index contributed by atoms with van der Waals surface area (Å²) in [7, 11) is 0. The monoisotopic (exact) mass is 409 g/mol. The molecule has 3 aliphatic rings. The van der Waals surface area contributed by atoms with Crippen LogP contribution >= 0.6 is 0 Å². The summed E-state index contributed by atoms with van der Waals surface area (Å²) >= 11 is 0. The Bertz CT molecular complexity index is 918. The molecule has 9 nitrogen and oxygen atoms in total. The van der Waals surface area contributed by atoms with E-state index >= 15 is 0 Å². The van der Waals surface area contributed by atoms with E-state index in [1.807, 2.05) is 30.3 Å². The lowest BCUT2D eigenvalue weighted by atomic mass is 9.95. The number of hydrogen-bond acceptors (Lipinski definition) is 6. The van der Waals surface area contributed by atoms with Crippen molar-refractivity contribution >= 4 is 17.8 Å². The Kier molecular flexibility index (Phi) is 4.88. The average molecular weight is 409 g/mol. The summed E-state index contributed by atoms with van der Waals surface area (Å²) in [5.74, 6) is 0.435. The zero-order valence-corrected chi connectivity index (χ0v) is 17.1. The van der Waals surface area contributed by atoms with Crippen LogP contribution in [0.1, 0.15) is 44.1 Å². The number of tetrazole rings is 1. The van der Waals surface area contributed by atoms with Gasteiger partial charge in [0, 0.05) is 26.2 Å². The van der Waals surface area contributed by atoms with Gasteiger partial charge in [-0.2, -0.15) is 4.80 Å². The molecule has 0 atom stereocenters. The molecule has 1 aliphatic carbocycles. The molecule has 0 bridgehead atoms. The summed E-state index contributed by atoms with van der Waals surface area (Å²) in [5.41, 5.74) is 0.565. The van der Waals surface area contributed by atoms with Crippen molar-refractivity contribution in [1.82, 2.24) is 30.2 Å². The number of nitrogens with zero attached hydrogens (tertiary/aromatic N) is 7. The zero-order chi connectivity index (χ0) is 20.6. The first-order valence-corrected chi connectivity index (χ1v) is 10.9. The van der Waals surface area contributed by atoms with Crippen LogP contribution in [0.4, 0.5) is 5.95 Å². The van der Waals surface area contributed by atoms with Crippen LogP contribution in [0, 0.1) is 0 Å². The van der Waals surface area contributed by atoms with E-state index in [1.54, 1.807) is 10.0 Å². The highest BCUT2D eigenvalue weighted by Crippen LogP contribution is 2.50. The third-order valence-corrected chi connectivity index (χ3v) is 6.40. The highest BCUT2D eigenvalue weighted by Gasteiger charge is 2.54. The first-order valence-electron chi connectivity index (χ1n) is 10.9. The molecule has 3 fully saturated rings. The Hall–Kier alpha value is -2.97. The summed E-state index contributed by atoms with van der Waals surface area (Å²) in [4.78, 5) is 29.8. The number of carbonyl (C=O) groups is 2. The first kappa shape index (κ1) is 19.0. The number of benzene rings is 1. The highest BCUT2D eigenvalue weighted by atomic mass is 16.2. The predicted molar refractivity (Wildman–Crippen MR) is 109 cm³/mol. The molecule has 0 radical (unpaired) electrons. The second kappa shape index (κ2) is 7.70. The van der Waals surface area contributed by atoms with Gasteiger partial charge in [-0.1, -0.05) is 35.4 Å². The normalized spacial score (nSPS) is 20.5. The standard InChI is InChI=1S/C21H27N7O2/c29-18(16-28-23-20(22-24-28)25-12-5-2-6-13-25)26-14-7-15-27(26)19(30)21(10-11-21)17-8-3-1-4-9-17/h1,3-4,8-9H,2,5-7,10-16H2. The van der Waals surface area contributed by atoms with Gasteiger partial charge in [0.25, 0.3) is 17.8 Å². The fourth-order valence-electron chi connectivity index (χ4n) is 4.56. The average Bonchev–Trinajstić information content (AvgIpc) is 3.22. The fraction of sp³-hybridized carbons (Fsp3) is 0.571. The lowest BCUT2D eigenvalue weighted by molar-refractivity contribution is -0.160. The fourth-order valence-corrected chi connectivity index (χ4v) is 4.56. The number of piperidine rings is 1. The van der Waals surface area contributed by atoms with E-state index in [1.165, 1.54) is 11.2 Å². The molecule has 0 N–H and O–H groups in total. The van der Waals surface area contributed by atoms with Crippen LogP contribution in [-0.4, -0.2) is 68.2 Å². The summed E-state index contributed by atoms with van der Waals surface area (Å²) in [6.07, 6.45) is 5.93. The number of carbonyl (C=O) groups excluding carboxylic acids is 2. The summed E-state index contributed by atoms with van der Waals surface area (Å²) in [6, 6.07) is 9.90. The Labute approximate surface area is 175 Å². The minimum atomic E-state index is -0.475. The third kappa shape index (κ3) is 3.42. The van der Waals surface area contributed by atoms with Crippen LogP contribution < -0.4 is 4.90 Å². The molecule has 158 valence electrons. The summed E-state index contributed by atoms with van der Waals surface area (Å²) < 4.78 is 0. The van der Waals surface area contributed by atoms with Gasteiger partial charge in [0.05, 0.1) is 5.41 Å². The SMILES string of the molecule is O=C(Cn1nnc(N2CCCCC2)n1)N1CCCN1C(=O)C1(c2ccccc2)CC1. The zero-order valence-electron chi connectivity index (χ0n) is 17.1. The summed E-state index contributed by atoms with van der Waals surface area (Å²) in [5, 5.41) is 15.8. The van der Waals surface area contributed by atoms with Crippen LogP contribution in [-0.2, 0) is 21.5 Å². The number of anilines is 1. The van der Waals surface area contributed by atoms with E-state index in [0.717, 1.165) is 50.8 Å². The molecule has 30 heavy (non-hydrogen) atoms. The molecule has 3 heterocycles. The van der Waals surface area contributed by atoms with Gasteiger partial charge in [0.2, 0.25) is 0 Å². The van der Waals surface area contributed by atoms with E-state index in [9.17, 15) is 9.59 Å². The molecule has 0 spiro atoms. The molecule has 1 aromatic carbocycles. The maximum absolute atomic E-state index is 13.4. The molecule has 0 unspecified atom stereocenters. The van der Waals surface area contributed by atoms with Crippen LogP contribution in [0.15, 0.2) is 30.3 Å².